The Morgan fingerprint density at radius 2 is 2.03 bits per heavy atom. The largest absolute Gasteiger partial charge is 0.486 e. The van der Waals surface area contributed by atoms with Gasteiger partial charge >= 0.3 is 0 Å². The smallest absolute Gasteiger partial charge is 0.222 e. The molecule has 1 N–H and O–H groups in total. The number of carbonyl (C=O) groups excluding carboxylic acids is 1. The second kappa shape index (κ2) is 8.52. The fourth-order valence-electron chi connectivity index (χ4n) is 5.18. The lowest BCUT2D eigenvalue weighted by atomic mass is 9.66. The summed E-state index contributed by atoms with van der Waals surface area (Å²) in [6.07, 6.45) is 4.51. The van der Waals surface area contributed by atoms with E-state index in [1.807, 2.05) is 12.1 Å². The van der Waals surface area contributed by atoms with Crippen molar-refractivity contribution in [2.24, 2.45) is 11.8 Å². The van der Waals surface area contributed by atoms with Crippen molar-refractivity contribution < 1.29 is 23.7 Å². The van der Waals surface area contributed by atoms with Crippen LogP contribution in [0.1, 0.15) is 57.6 Å². The molecule has 3 aliphatic rings. The number of carbonyl (C=O) groups is 1. The van der Waals surface area contributed by atoms with Crippen LogP contribution in [0, 0.1) is 11.8 Å². The highest BCUT2D eigenvalue weighted by molar-refractivity contribution is 5.77. The van der Waals surface area contributed by atoms with Crippen molar-refractivity contribution in [2.75, 3.05) is 26.9 Å². The number of hydrogen-bond donors (Lipinski definition) is 1. The summed E-state index contributed by atoms with van der Waals surface area (Å²) >= 11 is 0. The highest BCUT2D eigenvalue weighted by atomic mass is 16.6. The lowest BCUT2D eigenvalue weighted by molar-refractivity contribution is -0.154. The van der Waals surface area contributed by atoms with E-state index in [4.69, 9.17) is 18.9 Å². The summed E-state index contributed by atoms with van der Waals surface area (Å²) in [5, 5.41) is 3.35. The third kappa shape index (κ3) is 4.38. The normalized spacial score (nSPS) is 33.6. The summed E-state index contributed by atoms with van der Waals surface area (Å²) < 4.78 is 23.1. The zero-order valence-electron chi connectivity index (χ0n) is 17.7. The molecule has 1 aromatic carbocycles. The average molecular weight is 404 g/mol. The molecule has 0 radical (unpaired) electrons. The Kier molecular flexibility index (Phi) is 6.02. The average Bonchev–Trinajstić information content (AvgIpc) is 2.71. The monoisotopic (exact) mass is 403 g/mol. The van der Waals surface area contributed by atoms with E-state index in [9.17, 15) is 4.79 Å². The van der Waals surface area contributed by atoms with E-state index in [1.54, 1.807) is 7.11 Å². The number of amides is 1. The van der Waals surface area contributed by atoms with E-state index >= 15 is 0 Å². The van der Waals surface area contributed by atoms with Gasteiger partial charge in [-0.3, -0.25) is 4.79 Å². The summed E-state index contributed by atoms with van der Waals surface area (Å²) in [7, 11) is 1.62. The highest BCUT2D eigenvalue weighted by Gasteiger charge is 2.49. The highest BCUT2D eigenvalue weighted by Crippen LogP contribution is 2.48. The zero-order valence-corrected chi connectivity index (χ0v) is 17.7. The van der Waals surface area contributed by atoms with Gasteiger partial charge in [0.25, 0.3) is 0 Å². The summed E-state index contributed by atoms with van der Waals surface area (Å²) in [6, 6.07) is 6.08. The first kappa shape index (κ1) is 20.5. The SMILES string of the molecule is COCCC(=O)N[C@]1(C)C[C@H](c2ccc3c(c2)OCCO3)O[C@@H]2C[C@H](C)CC[C@H]21. The van der Waals surface area contributed by atoms with Gasteiger partial charge in [0, 0.05) is 31.4 Å². The summed E-state index contributed by atoms with van der Waals surface area (Å²) in [5.74, 6) is 2.59. The molecule has 0 bridgehead atoms. The van der Waals surface area contributed by atoms with E-state index < -0.39 is 0 Å². The standard InChI is InChI=1S/C23H33NO5/c1-15-4-6-17-19(12-15)29-21(14-23(17,2)24-22(25)8-9-26-3)16-5-7-18-20(13-16)28-11-10-27-18/h5,7,13,15,17,19,21H,4,6,8-12,14H2,1-3H3,(H,24,25)/t15-,17-,19-,21-,23-/m1/s1. The molecule has 6 heteroatoms. The van der Waals surface area contributed by atoms with Crippen molar-refractivity contribution in [1.82, 2.24) is 5.32 Å². The van der Waals surface area contributed by atoms with Gasteiger partial charge in [-0.25, -0.2) is 0 Å². The molecular formula is C23H33NO5. The second-order valence-electron chi connectivity index (χ2n) is 9.00. The van der Waals surface area contributed by atoms with Gasteiger partial charge in [0.15, 0.2) is 11.5 Å². The first-order valence-electron chi connectivity index (χ1n) is 10.8. The van der Waals surface area contributed by atoms with Gasteiger partial charge in [0.1, 0.15) is 13.2 Å². The molecule has 2 fully saturated rings. The van der Waals surface area contributed by atoms with Crippen LogP contribution in [0.3, 0.4) is 0 Å². The Hall–Kier alpha value is -1.79. The van der Waals surface area contributed by atoms with Gasteiger partial charge in [-0.2, -0.15) is 0 Å². The van der Waals surface area contributed by atoms with E-state index in [0.29, 0.717) is 38.1 Å². The first-order valence-corrected chi connectivity index (χ1v) is 10.8. The molecule has 1 aliphatic carbocycles. The van der Waals surface area contributed by atoms with Crippen LogP contribution in [0.4, 0.5) is 0 Å². The molecule has 6 nitrogen and oxygen atoms in total. The van der Waals surface area contributed by atoms with Crippen molar-refractivity contribution in [2.45, 2.75) is 63.7 Å². The molecule has 29 heavy (non-hydrogen) atoms. The minimum atomic E-state index is -0.300. The van der Waals surface area contributed by atoms with E-state index in [-0.39, 0.29) is 23.7 Å². The predicted octanol–water partition coefficient (Wildman–Crippen LogP) is 3.64. The topological polar surface area (TPSA) is 66.0 Å². The summed E-state index contributed by atoms with van der Waals surface area (Å²) in [6.45, 7) is 6.08. The van der Waals surface area contributed by atoms with Crippen molar-refractivity contribution in [3.05, 3.63) is 23.8 Å². The minimum absolute atomic E-state index is 0.0505. The quantitative estimate of drug-likeness (QED) is 0.813. The molecule has 1 amide bonds. The summed E-state index contributed by atoms with van der Waals surface area (Å²) in [5.41, 5.74) is 0.787. The maximum absolute atomic E-state index is 12.6. The molecule has 1 saturated heterocycles. The molecule has 2 heterocycles. The van der Waals surface area contributed by atoms with E-state index in [1.165, 1.54) is 6.42 Å². The molecule has 0 unspecified atom stereocenters. The van der Waals surface area contributed by atoms with Crippen molar-refractivity contribution in [3.63, 3.8) is 0 Å². The van der Waals surface area contributed by atoms with Crippen LogP contribution in [0.25, 0.3) is 0 Å². The van der Waals surface area contributed by atoms with Gasteiger partial charge in [-0.15, -0.1) is 0 Å². The van der Waals surface area contributed by atoms with Gasteiger partial charge in [-0.05, 0) is 43.4 Å². The van der Waals surface area contributed by atoms with E-state index in [2.05, 4.69) is 25.2 Å². The lowest BCUT2D eigenvalue weighted by Gasteiger charge is -2.52. The fourth-order valence-corrected chi connectivity index (χ4v) is 5.18. The first-order chi connectivity index (χ1) is 14.0. The Bertz CT molecular complexity index is 738. The number of rotatable bonds is 5. The third-order valence-electron chi connectivity index (χ3n) is 6.72. The van der Waals surface area contributed by atoms with Crippen LogP contribution in [0.5, 0.6) is 11.5 Å². The number of benzene rings is 1. The van der Waals surface area contributed by atoms with Gasteiger partial charge < -0.3 is 24.3 Å². The number of nitrogens with one attached hydrogen (secondary N) is 1. The van der Waals surface area contributed by atoms with Crippen LogP contribution in [-0.4, -0.2) is 44.5 Å². The van der Waals surface area contributed by atoms with Crippen LogP contribution in [0.2, 0.25) is 0 Å². The number of ether oxygens (including phenoxy) is 4. The number of fused-ring (bicyclic) bond motifs is 2. The Labute approximate surface area is 173 Å². The zero-order chi connectivity index (χ0) is 20.4. The Balaban J connectivity index is 1.58. The van der Waals surface area contributed by atoms with Crippen LogP contribution in [-0.2, 0) is 14.3 Å². The maximum Gasteiger partial charge on any atom is 0.222 e. The van der Waals surface area contributed by atoms with Crippen molar-refractivity contribution >= 4 is 5.91 Å². The fraction of sp³-hybridized carbons (Fsp3) is 0.696. The number of methoxy groups -OCH3 is 1. The molecule has 1 aromatic rings. The molecule has 1 saturated carbocycles. The maximum atomic E-state index is 12.6. The molecular weight excluding hydrogens is 370 g/mol. The lowest BCUT2D eigenvalue weighted by Crippen LogP contribution is -2.60. The Morgan fingerprint density at radius 1 is 1.24 bits per heavy atom. The van der Waals surface area contributed by atoms with Crippen LogP contribution in [0.15, 0.2) is 18.2 Å². The van der Waals surface area contributed by atoms with Crippen molar-refractivity contribution in [3.8, 4) is 11.5 Å². The molecule has 0 aromatic heterocycles. The van der Waals surface area contributed by atoms with E-state index in [0.717, 1.165) is 36.3 Å². The van der Waals surface area contributed by atoms with Crippen molar-refractivity contribution in [1.29, 1.82) is 0 Å². The molecule has 2 aliphatic heterocycles. The molecule has 0 spiro atoms. The predicted molar refractivity (Wildman–Crippen MR) is 109 cm³/mol. The second-order valence-corrected chi connectivity index (χ2v) is 9.00. The molecule has 160 valence electrons. The van der Waals surface area contributed by atoms with Gasteiger partial charge in [0.05, 0.1) is 18.8 Å². The third-order valence-corrected chi connectivity index (χ3v) is 6.72. The Morgan fingerprint density at radius 3 is 2.83 bits per heavy atom. The van der Waals surface area contributed by atoms with Crippen LogP contribution >= 0.6 is 0 Å². The van der Waals surface area contributed by atoms with Crippen LogP contribution < -0.4 is 14.8 Å². The molecule has 4 rings (SSSR count). The van der Waals surface area contributed by atoms with Gasteiger partial charge in [0.2, 0.25) is 5.91 Å². The summed E-state index contributed by atoms with van der Waals surface area (Å²) in [4.78, 5) is 12.6. The molecule has 5 atom stereocenters. The number of hydrogen-bond acceptors (Lipinski definition) is 5. The minimum Gasteiger partial charge on any atom is -0.486 e. The van der Waals surface area contributed by atoms with Gasteiger partial charge in [-0.1, -0.05) is 19.4 Å².